The van der Waals surface area contributed by atoms with Gasteiger partial charge in [0.25, 0.3) is 0 Å². The van der Waals surface area contributed by atoms with Gasteiger partial charge in [-0.1, -0.05) is 30.3 Å². The summed E-state index contributed by atoms with van der Waals surface area (Å²) in [5, 5.41) is 3.47. The highest BCUT2D eigenvalue weighted by Crippen LogP contribution is 2.26. The first-order chi connectivity index (χ1) is 15.6. The Morgan fingerprint density at radius 3 is 2.39 bits per heavy atom. The van der Waals surface area contributed by atoms with Crippen molar-refractivity contribution in [1.29, 1.82) is 0 Å². The highest BCUT2D eigenvalue weighted by atomic mass is 16.6. The molecule has 0 spiro atoms. The highest BCUT2D eigenvalue weighted by Gasteiger charge is 2.37. The number of fused-ring (bicyclic) bond motifs is 1. The van der Waals surface area contributed by atoms with Gasteiger partial charge in [-0.2, -0.15) is 0 Å². The van der Waals surface area contributed by atoms with Crippen molar-refractivity contribution in [2.24, 2.45) is 11.7 Å². The van der Waals surface area contributed by atoms with Gasteiger partial charge in [0.2, 0.25) is 5.91 Å². The van der Waals surface area contributed by atoms with Crippen LogP contribution >= 0.6 is 0 Å². The molecule has 3 rings (SSSR count). The summed E-state index contributed by atoms with van der Waals surface area (Å²) in [4.78, 5) is 41.1. The third-order valence-electron chi connectivity index (χ3n) is 4.87. The summed E-state index contributed by atoms with van der Waals surface area (Å²) in [7, 11) is 0. The molecule has 2 atom stereocenters. The van der Waals surface area contributed by atoms with Gasteiger partial charge in [0.1, 0.15) is 11.3 Å². The van der Waals surface area contributed by atoms with Crippen LogP contribution in [0.15, 0.2) is 54.6 Å². The number of hydrogen-bond acceptors (Lipinski definition) is 6. The fourth-order valence-electron chi connectivity index (χ4n) is 3.40. The van der Waals surface area contributed by atoms with Crippen LogP contribution in [0.4, 0.5) is 5.69 Å². The van der Waals surface area contributed by atoms with Crippen LogP contribution in [-0.4, -0.2) is 35.0 Å². The minimum absolute atomic E-state index is 0.267. The molecule has 0 bridgehead atoms. The number of esters is 2. The second-order valence-electron chi connectivity index (χ2n) is 8.64. The molecule has 0 fully saturated rings. The second-order valence-corrected chi connectivity index (χ2v) is 8.64. The Hall–Kier alpha value is -3.65. The smallest absolute Gasteiger partial charge is 0.354 e. The number of aromatic nitrogens is 1. The Morgan fingerprint density at radius 1 is 1.06 bits per heavy atom. The molecular weight excluding hydrogens is 422 g/mol. The van der Waals surface area contributed by atoms with Gasteiger partial charge in [-0.05, 0) is 57.5 Å². The van der Waals surface area contributed by atoms with Gasteiger partial charge in [0.15, 0.2) is 5.92 Å². The maximum absolute atomic E-state index is 13.2. The zero-order valence-electron chi connectivity index (χ0n) is 19.2. The van der Waals surface area contributed by atoms with Crippen LogP contribution in [0.3, 0.4) is 0 Å². The van der Waals surface area contributed by atoms with Gasteiger partial charge in [0, 0.05) is 16.6 Å². The molecule has 8 heteroatoms. The van der Waals surface area contributed by atoms with Crippen LogP contribution in [0, 0.1) is 5.92 Å². The van der Waals surface area contributed by atoms with Gasteiger partial charge < -0.3 is 25.5 Å². The number of amides is 1. The minimum atomic E-state index is -1.26. The Morgan fingerprint density at radius 2 is 1.76 bits per heavy atom. The first-order valence-corrected chi connectivity index (χ1v) is 10.7. The van der Waals surface area contributed by atoms with Crippen molar-refractivity contribution in [2.75, 3.05) is 11.9 Å². The lowest BCUT2D eigenvalue weighted by molar-refractivity contribution is -0.162. The summed E-state index contributed by atoms with van der Waals surface area (Å²) in [6, 6.07) is 14.8. The van der Waals surface area contributed by atoms with E-state index in [1.54, 1.807) is 76.2 Å². The fraction of sp³-hybridized carbons (Fsp3) is 0.320. The molecule has 0 saturated heterocycles. The van der Waals surface area contributed by atoms with Gasteiger partial charge in [0.05, 0.1) is 12.6 Å². The van der Waals surface area contributed by atoms with E-state index in [0.29, 0.717) is 27.8 Å². The molecule has 0 aliphatic heterocycles. The zero-order chi connectivity index (χ0) is 24.2. The molecule has 0 radical (unpaired) electrons. The van der Waals surface area contributed by atoms with Crippen molar-refractivity contribution in [3.8, 4) is 0 Å². The number of hydrogen-bond donors (Lipinski definition) is 3. The Balaban J connectivity index is 1.87. The first kappa shape index (κ1) is 24.0. The number of ether oxygens (including phenoxy) is 2. The number of carbonyl (C=O) groups is 3. The average Bonchev–Trinajstić information content (AvgIpc) is 3.17. The van der Waals surface area contributed by atoms with E-state index in [4.69, 9.17) is 15.2 Å². The number of nitrogens with one attached hydrogen (secondary N) is 2. The molecule has 0 saturated carbocycles. The lowest BCUT2D eigenvalue weighted by Gasteiger charge is -2.27. The fourth-order valence-corrected chi connectivity index (χ4v) is 3.40. The number of H-pyrrole nitrogens is 1. The van der Waals surface area contributed by atoms with E-state index >= 15 is 0 Å². The number of anilines is 1. The van der Waals surface area contributed by atoms with Gasteiger partial charge in [-0.15, -0.1) is 0 Å². The number of benzene rings is 2. The first-order valence-electron chi connectivity index (χ1n) is 10.7. The summed E-state index contributed by atoms with van der Waals surface area (Å²) in [5.74, 6) is -3.01. The van der Waals surface area contributed by atoms with Gasteiger partial charge >= 0.3 is 11.9 Å². The number of nitrogens with two attached hydrogens (primary N) is 1. The summed E-state index contributed by atoms with van der Waals surface area (Å²) in [6.07, 6.45) is 0. The van der Waals surface area contributed by atoms with Crippen LogP contribution in [0.5, 0.6) is 0 Å². The predicted molar refractivity (Wildman–Crippen MR) is 126 cm³/mol. The van der Waals surface area contributed by atoms with Crippen LogP contribution in [0.1, 0.15) is 49.8 Å². The van der Waals surface area contributed by atoms with Crippen LogP contribution in [0.25, 0.3) is 10.9 Å². The molecule has 3 aromatic rings. The van der Waals surface area contributed by atoms with E-state index in [2.05, 4.69) is 10.3 Å². The van der Waals surface area contributed by atoms with Crippen molar-refractivity contribution in [3.05, 3.63) is 65.9 Å². The monoisotopic (exact) mass is 451 g/mol. The molecule has 174 valence electrons. The minimum Gasteiger partial charge on any atom is -0.461 e. The molecule has 0 unspecified atom stereocenters. The summed E-state index contributed by atoms with van der Waals surface area (Å²) >= 11 is 0. The summed E-state index contributed by atoms with van der Waals surface area (Å²) in [5.41, 5.74) is 7.69. The molecule has 4 N–H and O–H groups in total. The highest BCUT2D eigenvalue weighted by molar-refractivity contribution is 6.06. The quantitative estimate of drug-likeness (QED) is 0.369. The van der Waals surface area contributed by atoms with E-state index in [1.165, 1.54) is 0 Å². The SMILES string of the molecule is CCOC(=O)c1cc2cc(NC(=O)[C@@H](C(=O)OC(C)(C)C)[C@H](N)c3ccccc3)ccc2[nH]1. The lowest BCUT2D eigenvalue weighted by atomic mass is 9.92. The Labute approximate surface area is 192 Å². The lowest BCUT2D eigenvalue weighted by Crippen LogP contribution is -2.41. The van der Waals surface area contributed by atoms with E-state index in [-0.39, 0.29) is 6.61 Å². The molecule has 1 amide bonds. The van der Waals surface area contributed by atoms with Crippen molar-refractivity contribution < 1.29 is 23.9 Å². The predicted octanol–water partition coefficient (Wildman–Crippen LogP) is 3.94. The average molecular weight is 452 g/mol. The molecule has 1 aromatic heterocycles. The standard InChI is InChI=1S/C25H29N3O5/c1-5-32-23(30)19-14-16-13-17(11-12-18(16)28-19)27-22(29)20(24(31)33-25(2,3)4)21(26)15-9-7-6-8-10-15/h6-14,20-21,28H,5,26H2,1-4H3,(H,27,29)/t20-,21+/m0/s1. The zero-order valence-corrected chi connectivity index (χ0v) is 19.2. The third-order valence-corrected chi connectivity index (χ3v) is 4.87. The van der Waals surface area contributed by atoms with Gasteiger partial charge in [-0.3, -0.25) is 9.59 Å². The summed E-state index contributed by atoms with van der Waals surface area (Å²) in [6.45, 7) is 7.19. The third kappa shape index (κ3) is 5.98. The molecular formula is C25H29N3O5. The topological polar surface area (TPSA) is 124 Å². The molecule has 2 aromatic carbocycles. The van der Waals surface area contributed by atoms with E-state index in [0.717, 1.165) is 0 Å². The maximum atomic E-state index is 13.2. The van der Waals surface area contributed by atoms with Crippen LogP contribution < -0.4 is 11.1 Å². The second kappa shape index (κ2) is 9.87. The molecule has 1 heterocycles. The normalized spacial score (nSPS) is 13.2. The molecule has 0 aliphatic rings. The number of carbonyl (C=O) groups excluding carboxylic acids is 3. The van der Waals surface area contributed by atoms with E-state index in [9.17, 15) is 14.4 Å². The van der Waals surface area contributed by atoms with Crippen LogP contribution in [0.2, 0.25) is 0 Å². The van der Waals surface area contributed by atoms with Gasteiger partial charge in [-0.25, -0.2) is 4.79 Å². The van der Waals surface area contributed by atoms with Crippen molar-refractivity contribution in [2.45, 2.75) is 39.3 Å². The largest absolute Gasteiger partial charge is 0.461 e. The molecule has 0 aliphatic carbocycles. The van der Waals surface area contributed by atoms with Crippen molar-refractivity contribution in [3.63, 3.8) is 0 Å². The van der Waals surface area contributed by atoms with E-state index in [1.807, 2.05) is 6.07 Å². The Kier molecular flexibility index (Phi) is 7.18. The number of rotatable bonds is 7. The Bertz CT molecular complexity index is 1150. The van der Waals surface area contributed by atoms with Crippen LogP contribution in [-0.2, 0) is 19.1 Å². The van der Waals surface area contributed by atoms with Crippen molar-refractivity contribution in [1.82, 2.24) is 4.98 Å². The molecule has 33 heavy (non-hydrogen) atoms. The maximum Gasteiger partial charge on any atom is 0.354 e. The number of aromatic amines is 1. The summed E-state index contributed by atoms with van der Waals surface area (Å²) < 4.78 is 10.5. The molecule has 8 nitrogen and oxygen atoms in total. The van der Waals surface area contributed by atoms with Crippen molar-refractivity contribution >= 4 is 34.4 Å². The van der Waals surface area contributed by atoms with E-state index < -0.39 is 35.4 Å².